The van der Waals surface area contributed by atoms with Crippen LogP contribution in [0, 0.1) is 0 Å². The molecule has 16 heavy (non-hydrogen) atoms. The molecular weight excluding hydrogens is 226 g/mol. The Labute approximate surface area is 101 Å². The molecule has 0 radical (unpaired) electrons. The summed E-state index contributed by atoms with van der Waals surface area (Å²) in [5, 5.41) is 1.97. The number of rotatable bonds is 4. The lowest BCUT2D eigenvalue weighted by molar-refractivity contribution is 0.259. The SMILES string of the molecule is COc1cc(C(C)C)ccc1CNC(=O)Cl. The standard InChI is InChI=1S/C12H16ClNO2/c1-8(2)9-4-5-10(7-14-12(13)15)11(6-9)16-3/h4-6,8H,7H2,1-3H3,(H,14,15). The Balaban J connectivity index is 2.88. The fraction of sp³-hybridized carbons (Fsp3) is 0.417. The Kier molecular flexibility index (Phi) is 4.62. The summed E-state index contributed by atoms with van der Waals surface area (Å²) in [6.07, 6.45) is 0. The second-order valence-electron chi connectivity index (χ2n) is 3.85. The number of halogens is 1. The number of benzene rings is 1. The fourth-order valence-electron chi connectivity index (χ4n) is 1.43. The van der Waals surface area contributed by atoms with E-state index in [2.05, 4.69) is 19.2 Å². The summed E-state index contributed by atoms with van der Waals surface area (Å²) >= 11 is 5.21. The van der Waals surface area contributed by atoms with Gasteiger partial charge < -0.3 is 10.1 Å². The molecule has 0 aliphatic rings. The van der Waals surface area contributed by atoms with Gasteiger partial charge in [0.25, 0.3) is 0 Å². The molecule has 0 bridgehead atoms. The van der Waals surface area contributed by atoms with E-state index in [1.54, 1.807) is 7.11 Å². The van der Waals surface area contributed by atoms with Crippen molar-refractivity contribution in [3.05, 3.63) is 29.3 Å². The second-order valence-corrected chi connectivity index (χ2v) is 4.20. The van der Waals surface area contributed by atoms with Crippen LogP contribution >= 0.6 is 11.6 Å². The van der Waals surface area contributed by atoms with E-state index in [4.69, 9.17) is 16.3 Å². The van der Waals surface area contributed by atoms with Gasteiger partial charge in [-0.2, -0.15) is 0 Å². The highest BCUT2D eigenvalue weighted by atomic mass is 35.5. The van der Waals surface area contributed by atoms with E-state index in [1.165, 1.54) is 5.56 Å². The Morgan fingerprint density at radius 3 is 2.69 bits per heavy atom. The monoisotopic (exact) mass is 241 g/mol. The van der Waals surface area contributed by atoms with Gasteiger partial charge in [0.2, 0.25) is 0 Å². The largest absolute Gasteiger partial charge is 0.496 e. The van der Waals surface area contributed by atoms with Gasteiger partial charge in [0, 0.05) is 12.1 Å². The molecule has 0 aliphatic heterocycles. The third kappa shape index (κ3) is 3.42. The van der Waals surface area contributed by atoms with Gasteiger partial charge in [-0.15, -0.1) is 0 Å². The lowest BCUT2D eigenvalue weighted by Gasteiger charge is -2.12. The van der Waals surface area contributed by atoms with Crippen LogP contribution in [0.1, 0.15) is 30.9 Å². The average Bonchev–Trinajstić information content (AvgIpc) is 2.25. The maximum atomic E-state index is 10.6. The highest BCUT2D eigenvalue weighted by Crippen LogP contribution is 2.24. The number of carbonyl (C=O) groups is 1. The number of nitrogens with one attached hydrogen (secondary N) is 1. The molecule has 0 spiro atoms. The molecule has 3 nitrogen and oxygen atoms in total. The zero-order chi connectivity index (χ0) is 12.1. The predicted molar refractivity (Wildman–Crippen MR) is 65.2 cm³/mol. The first-order valence-electron chi connectivity index (χ1n) is 5.14. The second kappa shape index (κ2) is 5.75. The highest BCUT2D eigenvalue weighted by Gasteiger charge is 2.07. The number of ether oxygens (including phenoxy) is 1. The molecule has 0 aromatic heterocycles. The van der Waals surface area contributed by atoms with Crippen LogP contribution in [-0.2, 0) is 6.54 Å². The summed E-state index contributed by atoms with van der Waals surface area (Å²) < 4.78 is 5.27. The highest BCUT2D eigenvalue weighted by molar-refractivity contribution is 6.62. The van der Waals surface area contributed by atoms with Crippen LogP contribution in [0.5, 0.6) is 5.75 Å². The molecule has 88 valence electrons. The maximum absolute atomic E-state index is 10.6. The normalized spacial score (nSPS) is 10.3. The van der Waals surface area contributed by atoms with Crippen molar-refractivity contribution in [1.82, 2.24) is 5.32 Å². The van der Waals surface area contributed by atoms with Gasteiger partial charge >= 0.3 is 5.37 Å². The molecule has 0 heterocycles. The third-order valence-electron chi connectivity index (χ3n) is 2.40. The van der Waals surface area contributed by atoms with Crippen LogP contribution in [0.3, 0.4) is 0 Å². The zero-order valence-corrected chi connectivity index (χ0v) is 10.5. The van der Waals surface area contributed by atoms with E-state index in [-0.39, 0.29) is 0 Å². The van der Waals surface area contributed by atoms with E-state index in [9.17, 15) is 4.79 Å². The molecular formula is C12H16ClNO2. The van der Waals surface area contributed by atoms with Crippen LogP contribution in [0.15, 0.2) is 18.2 Å². The van der Waals surface area contributed by atoms with Gasteiger partial charge in [0.05, 0.1) is 7.11 Å². The van der Waals surface area contributed by atoms with Crippen molar-refractivity contribution in [1.29, 1.82) is 0 Å². The Bertz CT molecular complexity index is 377. The van der Waals surface area contributed by atoms with Crippen molar-refractivity contribution in [2.45, 2.75) is 26.3 Å². The molecule has 0 saturated heterocycles. The van der Waals surface area contributed by atoms with E-state index >= 15 is 0 Å². The summed E-state index contributed by atoms with van der Waals surface area (Å²) in [5.74, 6) is 1.22. The van der Waals surface area contributed by atoms with Crippen molar-refractivity contribution in [2.75, 3.05) is 7.11 Å². The van der Waals surface area contributed by atoms with Crippen molar-refractivity contribution < 1.29 is 9.53 Å². The molecule has 1 N–H and O–H groups in total. The lowest BCUT2D eigenvalue weighted by atomic mass is 10.0. The number of amides is 1. The lowest BCUT2D eigenvalue weighted by Crippen LogP contribution is -2.16. The van der Waals surface area contributed by atoms with Crippen molar-refractivity contribution >= 4 is 17.0 Å². The minimum absolute atomic E-state index is 0.379. The summed E-state index contributed by atoms with van der Waals surface area (Å²) in [6.45, 7) is 4.62. The first kappa shape index (κ1) is 12.8. The van der Waals surface area contributed by atoms with E-state index < -0.39 is 5.37 Å². The summed E-state index contributed by atoms with van der Waals surface area (Å²) in [7, 11) is 1.62. The van der Waals surface area contributed by atoms with Crippen LogP contribution in [0.2, 0.25) is 0 Å². The number of methoxy groups -OCH3 is 1. The molecule has 0 saturated carbocycles. The van der Waals surface area contributed by atoms with E-state index in [0.29, 0.717) is 12.5 Å². The molecule has 1 rings (SSSR count). The molecule has 0 unspecified atom stereocenters. The van der Waals surface area contributed by atoms with Crippen molar-refractivity contribution in [3.63, 3.8) is 0 Å². The summed E-state index contributed by atoms with van der Waals surface area (Å²) in [5.41, 5.74) is 2.12. The molecule has 0 aliphatic carbocycles. The first-order chi connectivity index (χ1) is 7.54. The van der Waals surface area contributed by atoms with Crippen LogP contribution in [0.25, 0.3) is 0 Å². The van der Waals surface area contributed by atoms with Gasteiger partial charge in [0.15, 0.2) is 0 Å². The fourth-order valence-corrected chi connectivity index (χ4v) is 1.50. The third-order valence-corrected chi connectivity index (χ3v) is 2.53. The molecule has 0 fully saturated rings. The Morgan fingerprint density at radius 1 is 1.50 bits per heavy atom. The summed E-state index contributed by atoms with van der Waals surface area (Å²) in [6, 6.07) is 5.96. The zero-order valence-electron chi connectivity index (χ0n) is 9.71. The minimum Gasteiger partial charge on any atom is -0.496 e. The predicted octanol–water partition coefficient (Wildman–Crippen LogP) is 3.27. The smallest absolute Gasteiger partial charge is 0.314 e. The number of hydrogen-bond donors (Lipinski definition) is 1. The minimum atomic E-state index is -0.560. The van der Waals surface area contributed by atoms with Crippen LogP contribution < -0.4 is 10.1 Å². The maximum Gasteiger partial charge on any atom is 0.314 e. The summed E-state index contributed by atoms with van der Waals surface area (Å²) in [4.78, 5) is 10.6. The van der Waals surface area contributed by atoms with Crippen LogP contribution in [-0.4, -0.2) is 12.5 Å². The number of hydrogen-bond acceptors (Lipinski definition) is 2. The van der Waals surface area contributed by atoms with Gasteiger partial charge in [-0.3, -0.25) is 4.79 Å². The van der Waals surface area contributed by atoms with Gasteiger partial charge in [0.1, 0.15) is 5.75 Å². The molecule has 0 atom stereocenters. The first-order valence-corrected chi connectivity index (χ1v) is 5.52. The van der Waals surface area contributed by atoms with Crippen molar-refractivity contribution in [3.8, 4) is 5.75 Å². The molecule has 1 amide bonds. The van der Waals surface area contributed by atoms with Gasteiger partial charge in [-0.1, -0.05) is 26.0 Å². The Morgan fingerprint density at radius 2 is 2.19 bits per heavy atom. The average molecular weight is 242 g/mol. The van der Waals surface area contributed by atoms with E-state index in [0.717, 1.165) is 11.3 Å². The van der Waals surface area contributed by atoms with E-state index in [1.807, 2.05) is 18.2 Å². The Hall–Kier alpha value is -1.22. The topological polar surface area (TPSA) is 38.3 Å². The van der Waals surface area contributed by atoms with Gasteiger partial charge in [-0.05, 0) is 29.1 Å². The quantitative estimate of drug-likeness (QED) is 0.649. The van der Waals surface area contributed by atoms with Gasteiger partial charge in [-0.25, -0.2) is 0 Å². The molecule has 1 aromatic rings. The molecule has 4 heteroatoms. The molecule has 1 aromatic carbocycles. The van der Waals surface area contributed by atoms with Crippen molar-refractivity contribution in [2.24, 2.45) is 0 Å². The number of carbonyl (C=O) groups excluding carboxylic acids is 1. The van der Waals surface area contributed by atoms with Crippen LogP contribution in [0.4, 0.5) is 4.79 Å².